The van der Waals surface area contributed by atoms with Gasteiger partial charge in [0.15, 0.2) is 0 Å². The molecule has 2 rings (SSSR count). The quantitative estimate of drug-likeness (QED) is 0.335. The van der Waals surface area contributed by atoms with E-state index < -0.39 is 10.0 Å². The fourth-order valence-corrected chi connectivity index (χ4v) is 6.53. The van der Waals surface area contributed by atoms with E-state index in [4.69, 9.17) is 9.47 Å². The second-order valence-electron chi connectivity index (χ2n) is 10.7. The number of rotatable bonds is 14. The van der Waals surface area contributed by atoms with Gasteiger partial charge in [0.1, 0.15) is 12.4 Å². The molecular formula is C27H48N4O5S. The third-order valence-electron chi connectivity index (χ3n) is 7.41. The fourth-order valence-electron chi connectivity index (χ4n) is 4.97. The van der Waals surface area contributed by atoms with Gasteiger partial charge < -0.3 is 24.2 Å². The highest BCUT2D eigenvalue weighted by Crippen LogP contribution is 2.28. The Kier molecular flexibility index (Phi) is 12.3. The van der Waals surface area contributed by atoms with Gasteiger partial charge in [0.2, 0.25) is 15.9 Å². The zero-order valence-electron chi connectivity index (χ0n) is 24.1. The molecule has 0 atom stereocenters. The normalized spacial score (nSPS) is 18.6. The van der Waals surface area contributed by atoms with Crippen LogP contribution in [0.5, 0.6) is 5.75 Å². The molecule has 0 bridgehead atoms. The van der Waals surface area contributed by atoms with Crippen molar-refractivity contribution < 1.29 is 22.7 Å². The highest BCUT2D eigenvalue weighted by atomic mass is 32.2. The third-order valence-corrected chi connectivity index (χ3v) is 9.57. The standard InChI is InChI=1S/C27H48N4O5S/c1-21-17-25(35-8)18-22(2)27(21)37(33,34)31(7)15-16-36-20-26(32)30(6)19-23-9-11-24(12-10-23)29(5)14-13-28(3)4/h17-18,23-24H,9-16,19-20H2,1-8H3. The summed E-state index contributed by atoms with van der Waals surface area (Å²) in [6.45, 7) is 6.66. The van der Waals surface area contributed by atoms with Crippen molar-refractivity contribution >= 4 is 15.9 Å². The molecule has 9 nitrogen and oxygen atoms in total. The SMILES string of the molecule is COc1cc(C)c(S(=O)(=O)N(C)CCOCC(=O)N(C)CC2CCC(N(C)CCN(C)C)CC2)c(C)c1. The number of sulfonamides is 1. The first-order valence-corrected chi connectivity index (χ1v) is 14.6. The maximum absolute atomic E-state index is 13.1. The highest BCUT2D eigenvalue weighted by Gasteiger charge is 2.27. The predicted molar refractivity (Wildman–Crippen MR) is 148 cm³/mol. The Morgan fingerprint density at radius 3 is 2.08 bits per heavy atom. The average Bonchev–Trinajstić information content (AvgIpc) is 2.84. The summed E-state index contributed by atoms with van der Waals surface area (Å²) < 4.78 is 38.3. The Bertz CT molecular complexity index is 954. The van der Waals surface area contributed by atoms with Crippen LogP contribution in [0.15, 0.2) is 17.0 Å². The van der Waals surface area contributed by atoms with Crippen molar-refractivity contribution in [2.75, 3.05) is 81.7 Å². The number of likely N-dealkylation sites (N-methyl/N-ethyl adjacent to an activating group) is 4. The summed E-state index contributed by atoms with van der Waals surface area (Å²) in [6.07, 6.45) is 4.59. The first-order chi connectivity index (χ1) is 17.4. The highest BCUT2D eigenvalue weighted by molar-refractivity contribution is 7.89. The molecule has 0 saturated heterocycles. The van der Waals surface area contributed by atoms with Gasteiger partial charge in [-0.25, -0.2) is 8.42 Å². The maximum Gasteiger partial charge on any atom is 0.248 e. The molecule has 212 valence electrons. The number of amides is 1. The van der Waals surface area contributed by atoms with E-state index in [1.807, 2.05) is 7.05 Å². The van der Waals surface area contributed by atoms with Crippen LogP contribution >= 0.6 is 0 Å². The van der Waals surface area contributed by atoms with Crippen LogP contribution in [0.4, 0.5) is 0 Å². The van der Waals surface area contributed by atoms with Crippen LogP contribution in [0.3, 0.4) is 0 Å². The van der Waals surface area contributed by atoms with Crippen molar-refractivity contribution in [3.8, 4) is 5.75 Å². The summed E-state index contributed by atoms with van der Waals surface area (Å²) in [5, 5.41) is 0. The molecule has 0 heterocycles. The van der Waals surface area contributed by atoms with Crippen molar-refractivity contribution in [1.82, 2.24) is 19.0 Å². The number of hydrogen-bond donors (Lipinski definition) is 0. The maximum atomic E-state index is 13.1. The summed E-state index contributed by atoms with van der Waals surface area (Å²) >= 11 is 0. The van der Waals surface area contributed by atoms with Gasteiger partial charge in [-0.1, -0.05) is 0 Å². The molecular weight excluding hydrogens is 492 g/mol. The van der Waals surface area contributed by atoms with Crippen molar-refractivity contribution in [3.05, 3.63) is 23.3 Å². The van der Waals surface area contributed by atoms with Crippen LogP contribution in [-0.4, -0.2) is 121 Å². The Morgan fingerprint density at radius 1 is 0.946 bits per heavy atom. The predicted octanol–water partition coefficient (Wildman–Crippen LogP) is 2.46. The van der Waals surface area contributed by atoms with E-state index in [1.165, 1.54) is 24.2 Å². The molecule has 1 amide bonds. The monoisotopic (exact) mass is 540 g/mol. The molecule has 37 heavy (non-hydrogen) atoms. The van der Waals surface area contributed by atoms with Gasteiger partial charge in [0, 0.05) is 46.3 Å². The number of benzene rings is 1. The number of hydrogen-bond acceptors (Lipinski definition) is 7. The summed E-state index contributed by atoms with van der Waals surface area (Å²) in [5.74, 6) is 1.07. The lowest BCUT2D eigenvalue weighted by Crippen LogP contribution is -2.41. The van der Waals surface area contributed by atoms with Crippen LogP contribution in [0.25, 0.3) is 0 Å². The van der Waals surface area contributed by atoms with Crippen molar-refractivity contribution in [3.63, 3.8) is 0 Å². The second-order valence-corrected chi connectivity index (χ2v) is 12.7. The van der Waals surface area contributed by atoms with Crippen molar-refractivity contribution in [2.24, 2.45) is 5.92 Å². The topological polar surface area (TPSA) is 82.6 Å². The molecule has 0 unspecified atom stereocenters. The smallest absolute Gasteiger partial charge is 0.248 e. The molecule has 0 N–H and O–H groups in total. The minimum atomic E-state index is -3.68. The summed E-state index contributed by atoms with van der Waals surface area (Å²) in [5.41, 5.74) is 1.27. The summed E-state index contributed by atoms with van der Waals surface area (Å²) in [6, 6.07) is 4.06. The van der Waals surface area contributed by atoms with Gasteiger partial charge in [0.05, 0.1) is 18.6 Å². The van der Waals surface area contributed by atoms with Crippen LogP contribution < -0.4 is 4.74 Å². The van der Waals surface area contributed by atoms with Gasteiger partial charge in [-0.2, -0.15) is 4.31 Å². The van der Waals surface area contributed by atoms with Gasteiger partial charge >= 0.3 is 0 Å². The Labute approximate surface area is 224 Å². The summed E-state index contributed by atoms with van der Waals surface area (Å²) in [4.78, 5) is 19.3. The average molecular weight is 541 g/mol. The third kappa shape index (κ3) is 9.21. The van der Waals surface area contributed by atoms with E-state index in [-0.39, 0.29) is 30.6 Å². The molecule has 10 heteroatoms. The lowest BCUT2D eigenvalue weighted by atomic mass is 9.85. The van der Waals surface area contributed by atoms with E-state index in [1.54, 1.807) is 38.0 Å². The molecule has 0 aliphatic heterocycles. The molecule has 0 aromatic heterocycles. The molecule has 0 radical (unpaired) electrons. The molecule has 0 spiro atoms. The van der Waals surface area contributed by atoms with Crippen molar-refractivity contribution in [1.29, 1.82) is 0 Å². The zero-order valence-corrected chi connectivity index (χ0v) is 24.9. The first kappa shape index (κ1) is 31.5. The number of carbonyl (C=O) groups excluding carboxylic acids is 1. The number of aryl methyl sites for hydroxylation is 2. The van der Waals surface area contributed by atoms with E-state index in [0.29, 0.717) is 28.8 Å². The number of methoxy groups -OCH3 is 1. The van der Waals surface area contributed by atoms with Crippen LogP contribution in [-0.2, 0) is 19.6 Å². The van der Waals surface area contributed by atoms with Crippen LogP contribution in [0, 0.1) is 19.8 Å². The molecule has 1 saturated carbocycles. The van der Waals surface area contributed by atoms with Gasteiger partial charge in [-0.05, 0) is 89.9 Å². The molecule has 1 aliphatic carbocycles. The van der Waals surface area contributed by atoms with E-state index in [2.05, 4.69) is 30.9 Å². The van der Waals surface area contributed by atoms with Crippen LogP contribution in [0.1, 0.15) is 36.8 Å². The largest absolute Gasteiger partial charge is 0.497 e. The fraction of sp³-hybridized carbons (Fsp3) is 0.741. The Balaban J connectivity index is 1.74. The first-order valence-electron chi connectivity index (χ1n) is 13.1. The second kappa shape index (κ2) is 14.4. The lowest BCUT2D eigenvalue weighted by molar-refractivity contribution is -0.135. The number of carbonyl (C=O) groups is 1. The minimum Gasteiger partial charge on any atom is -0.497 e. The lowest BCUT2D eigenvalue weighted by Gasteiger charge is -2.36. The Hall–Kier alpha value is -1.72. The van der Waals surface area contributed by atoms with Gasteiger partial charge in [-0.15, -0.1) is 0 Å². The molecule has 1 aromatic carbocycles. The van der Waals surface area contributed by atoms with Gasteiger partial charge in [-0.3, -0.25) is 4.79 Å². The Morgan fingerprint density at radius 2 is 1.54 bits per heavy atom. The number of nitrogens with zero attached hydrogens (tertiary/aromatic N) is 4. The van der Waals surface area contributed by atoms with Crippen molar-refractivity contribution in [2.45, 2.75) is 50.5 Å². The minimum absolute atomic E-state index is 0.0480. The van der Waals surface area contributed by atoms with E-state index >= 15 is 0 Å². The van der Waals surface area contributed by atoms with E-state index in [9.17, 15) is 13.2 Å². The molecule has 1 fully saturated rings. The molecule has 1 aliphatic rings. The summed E-state index contributed by atoms with van der Waals surface area (Å²) in [7, 11) is 7.65. The van der Waals surface area contributed by atoms with Gasteiger partial charge in [0.25, 0.3) is 0 Å². The molecule has 1 aromatic rings. The van der Waals surface area contributed by atoms with E-state index in [0.717, 1.165) is 32.5 Å². The van der Waals surface area contributed by atoms with Crippen LogP contribution in [0.2, 0.25) is 0 Å². The zero-order chi connectivity index (χ0) is 27.8. The number of ether oxygens (including phenoxy) is 2.